The van der Waals surface area contributed by atoms with E-state index in [1.54, 1.807) is 13.1 Å². The number of carbonyl (C=O) groups excluding carboxylic acids is 1. The van der Waals surface area contributed by atoms with Crippen LogP contribution in [-0.2, 0) is 20.8 Å². The van der Waals surface area contributed by atoms with Crippen LogP contribution in [0.3, 0.4) is 0 Å². The lowest BCUT2D eigenvalue weighted by Gasteiger charge is -2.39. The molecule has 0 unspecified atom stereocenters. The smallest absolute Gasteiger partial charge is 0.327 e. The van der Waals surface area contributed by atoms with Crippen LogP contribution in [0.2, 0.25) is 0 Å². The van der Waals surface area contributed by atoms with Crippen molar-refractivity contribution in [3.8, 4) is 0 Å². The second kappa shape index (κ2) is 6.26. The van der Waals surface area contributed by atoms with E-state index in [-0.39, 0.29) is 24.3 Å². The van der Waals surface area contributed by atoms with E-state index >= 15 is 0 Å². The first-order chi connectivity index (χ1) is 9.91. The van der Waals surface area contributed by atoms with E-state index in [0.717, 1.165) is 10.4 Å². The van der Waals surface area contributed by atoms with Gasteiger partial charge >= 0.3 is 5.97 Å². The first-order valence-electron chi connectivity index (χ1n) is 7.03. The van der Waals surface area contributed by atoms with Gasteiger partial charge in [0.2, 0.25) is 0 Å². The van der Waals surface area contributed by atoms with Gasteiger partial charge in [0.1, 0.15) is 6.54 Å². The number of aromatic nitrogens is 2. The van der Waals surface area contributed by atoms with Crippen LogP contribution in [0.4, 0.5) is 5.69 Å². The molecule has 7 nitrogen and oxygen atoms in total. The first-order valence-corrected chi connectivity index (χ1v) is 7.03. The van der Waals surface area contributed by atoms with E-state index in [0.29, 0.717) is 19.7 Å². The van der Waals surface area contributed by atoms with Crippen molar-refractivity contribution in [1.29, 1.82) is 0 Å². The molecule has 1 aromatic heterocycles. The van der Waals surface area contributed by atoms with Crippen molar-refractivity contribution in [2.24, 2.45) is 0 Å². The van der Waals surface area contributed by atoms with Crippen molar-refractivity contribution in [2.75, 3.05) is 31.2 Å². The molecule has 0 spiro atoms. The van der Waals surface area contributed by atoms with Crippen LogP contribution in [-0.4, -0.2) is 47.7 Å². The Kier molecular flexibility index (Phi) is 4.62. The average molecular weight is 295 g/mol. The van der Waals surface area contributed by atoms with Crippen molar-refractivity contribution in [3.63, 3.8) is 0 Å². The molecule has 1 aliphatic heterocycles. The molecule has 0 atom stereocenters. The van der Waals surface area contributed by atoms with Crippen LogP contribution in [0, 0.1) is 0 Å². The Hall–Kier alpha value is -1.89. The van der Waals surface area contributed by atoms with Gasteiger partial charge in [-0.25, -0.2) is 4.68 Å². The van der Waals surface area contributed by atoms with Crippen molar-refractivity contribution < 1.29 is 14.3 Å². The van der Waals surface area contributed by atoms with Gasteiger partial charge in [-0.1, -0.05) is 0 Å². The van der Waals surface area contributed by atoms with Gasteiger partial charge in [-0.15, -0.1) is 0 Å². The van der Waals surface area contributed by atoms with Crippen LogP contribution in [0.25, 0.3) is 0 Å². The summed E-state index contributed by atoms with van der Waals surface area (Å²) in [5.41, 5.74) is 0.180. The quantitative estimate of drug-likeness (QED) is 0.750. The number of hydrogen-bond donors (Lipinski definition) is 0. The number of morpholine rings is 1. The monoisotopic (exact) mass is 295 g/mol. The van der Waals surface area contributed by atoms with Crippen molar-refractivity contribution in [1.82, 2.24) is 9.78 Å². The van der Waals surface area contributed by atoms with Gasteiger partial charge in [0.05, 0.1) is 30.7 Å². The first kappa shape index (κ1) is 15.5. The lowest BCUT2D eigenvalue weighted by molar-refractivity contribution is -0.144. The van der Waals surface area contributed by atoms with Gasteiger partial charge in [-0.05, 0) is 20.8 Å². The summed E-state index contributed by atoms with van der Waals surface area (Å²) in [4.78, 5) is 25.5. The maximum Gasteiger partial charge on any atom is 0.327 e. The Morgan fingerprint density at radius 2 is 2.29 bits per heavy atom. The minimum atomic E-state index is -0.465. The molecule has 0 aliphatic carbocycles. The molecule has 0 saturated carbocycles. The summed E-state index contributed by atoms with van der Waals surface area (Å²) in [6.45, 7) is 7.87. The van der Waals surface area contributed by atoms with Crippen molar-refractivity contribution in [2.45, 2.75) is 32.9 Å². The van der Waals surface area contributed by atoms with Gasteiger partial charge in [0, 0.05) is 19.2 Å². The van der Waals surface area contributed by atoms with Gasteiger partial charge < -0.3 is 14.4 Å². The molecular weight excluding hydrogens is 274 g/mol. The average Bonchev–Trinajstić information content (AvgIpc) is 2.40. The molecule has 2 rings (SSSR count). The largest absolute Gasteiger partial charge is 0.465 e. The van der Waals surface area contributed by atoms with Crippen LogP contribution in [0.1, 0.15) is 20.8 Å². The highest BCUT2D eigenvalue weighted by molar-refractivity contribution is 5.69. The molecule has 1 saturated heterocycles. The van der Waals surface area contributed by atoms with Crippen molar-refractivity contribution >= 4 is 11.7 Å². The third kappa shape index (κ3) is 4.04. The molecule has 0 radical (unpaired) electrons. The lowest BCUT2D eigenvalue weighted by atomic mass is 10.1. The summed E-state index contributed by atoms with van der Waals surface area (Å²) < 4.78 is 11.6. The highest BCUT2D eigenvalue weighted by Gasteiger charge is 2.27. The number of anilines is 1. The summed E-state index contributed by atoms with van der Waals surface area (Å²) in [5.74, 6) is -0.465. The highest BCUT2D eigenvalue weighted by atomic mass is 16.5. The molecule has 0 aromatic carbocycles. The third-order valence-electron chi connectivity index (χ3n) is 3.23. The number of hydrogen-bond acceptors (Lipinski definition) is 6. The van der Waals surface area contributed by atoms with Crippen LogP contribution in [0.5, 0.6) is 0 Å². The Balaban J connectivity index is 2.12. The van der Waals surface area contributed by atoms with E-state index in [1.165, 1.54) is 6.07 Å². The van der Waals surface area contributed by atoms with E-state index in [4.69, 9.17) is 9.47 Å². The van der Waals surface area contributed by atoms with Crippen LogP contribution in [0.15, 0.2) is 17.1 Å². The number of nitrogens with zero attached hydrogens (tertiary/aromatic N) is 3. The molecule has 1 aliphatic rings. The summed E-state index contributed by atoms with van der Waals surface area (Å²) in [7, 11) is 0. The van der Waals surface area contributed by atoms with Gasteiger partial charge in [-0.3, -0.25) is 9.59 Å². The predicted octanol–water partition coefficient (Wildman–Crippen LogP) is 0.422. The number of carbonyl (C=O) groups is 1. The van der Waals surface area contributed by atoms with E-state index in [9.17, 15) is 9.59 Å². The molecule has 1 aromatic rings. The van der Waals surface area contributed by atoms with Gasteiger partial charge in [-0.2, -0.15) is 5.10 Å². The Morgan fingerprint density at radius 1 is 1.52 bits per heavy atom. The van der Waals surface area contributed by atoms with E-state index in [2.05, 4.69) is 10.00 Å². The fraction of sp³-hybridized carbons (Fsp3) is 0.643. The molecule has 0 N–H and O–H groups in total. The number of rotatable bonds is 4. The Bertz CT molecular complexity index is 568. The Labute approximate surface area is 123 Å². The molecule has 21 heavy (non-hydrogen) atoms. The normalized spacial score (nSPS) is 17.6. The summed E-state index contributed by atoms with van der Waals surface area (Å²) in [6, 6.07) is 1.49. The van der Waals surface area contributed by atoms with E-state index in [1.807, 2.05) is 13.8 Å². The number of ether oxygens (including phenoxy) is 2. The molecule has 0 amide bonds. The molecular formula is C14H21N3O4. The zero-order chi connectivity index (χ0) is 15.5. The van der Waals surface area contributed by atoms with Crippen LogP contribution >= 0.6 is 0 Å². The van der Waals surface area contributed by atoms with Gasteiger partial charge in [0.25, 0.3) is 5.56 Å². The maximum atomic E-state index is 12.0. The van der Waals surface area contributed by atoms with E-state index < -0.39 is 5.97 Å². The second-order valence-corrected chi connectivity index (χ2v) is 5.54. The number of esters is 1. The minimum absolute atomic E-state index is 0.165. The van der Waals surface area contributed by atoms with Crippen molar-refractivity contribution in [3.05, 3.63) is 22.6 Å². The molecule has 2 heterocycles. The molecule has 116 valence electrons. The summed E-state index contributed by atoms with van der Waals surface area (Å²) in [6.07, 6.45) is 1.60. The SMILES string of the molecule is CCOC(=O)Cn1ncc(N2CCOC(C)(C)C2)cc1=O. The summed E-state index contributed by atoms with van der Waals surface area (Å²) >= 11 is 0. The van der Waals surface area contributed by atoms with Gasteiger partial charge in [0.15, 0.2) is 0 Å². The highest BCUT2D eigenvalue weighted by Crippen LogP contribution is 2.21. The molecule has 0 bridgehead atoms. The fourth-order valence-corrected chi connectivity index (χ4v) is 2.28. The van der Waals surface area contributed by atoms with Crippen LogP contribution < -0.4 is 10.5 Å². The predicted molar refractivity (Wildman–Crippen MR) is 77.4 cm³/mol. The second-order valence-electron chi connectivity index (χ2n) is 5.54. The zero-order valence-corrected chi connectivity index (χ0v) is 12.7. The molecule has 7 heteroatoms. The minimum Gasteiger partial charge on any atom is -0.465 e. The summed E-state index contributed by atoms with van der Waals surface area (Å²) in [5, 5.41) is 4.04. The maximum absolute atomic E-state index is 12.0. The molecule has 1 fully saturated rings. The fourth-order valence-electron chi connectivity index (χ4n) is 2.28. The third-order valence-corrected chi connectivity index (χ3v) is 3.23. The standard InChI is InChI=1S/C14H21N3O4/c1-4-20-13(19)9-17-12(18)7-11(8-15-17)16-5-6-21-14(2,3)10-16/h7-8H,4-6,9-10H2,1-3H3. The topological polar surface area (TPSA) is 73.7 Å². The Morgan fingerprint density at radius 3 is 2.90 bits per heavy atom. The lowest BCUT2D eigenvalue weighted by Crippen LogP contribution is -2.48. The zero-order valence-electron chi connectivity index (χ0n) is 12.7.